The largest absolute Gasteiger partial charge is 0.341 e. The number of aromatic nitrogens is 2. The predicted molar refractivity (Wildman–Crippen MR) is 76.7 cm³/mol. The molecule has 19 heavy (non-hydrogen) atoms. The van der Waals surface area contributed by atoms with E-state index in [4.69, 9.17) is 11.6 Å². The first-order valence-corrected chi connectivity index (χ1v) is 7.94. The standard InChI is InChI=1S/C12H16ClN3O2S/c1-4-19(17,18)16(3)8(2)12-14-10-6-5-9(13)7-11(10)15-12/h5-8H,4H2,1-3H3,(H,14,15). The van der Waals surface area contributed by atoms with E-state index in [0.29, 0.717) is 10.8 Å². The smallest absolute Gasteiger partial charge is 0.214 e. The summed E-state index contributed by atoms with van der Waals surface area (Å²) in [6, 6.07) is 4.98. The van der Waals surface area contributed by atoms with E-state index in [9.17, 15) is 8.42 Å². The van der Waals surface area contributed by atoms with E-state index >= 15 is 0 Å². The Kier molecular flexibility index (Phi) is 3.85. The lowest BCUT2D eigenvalue weighted by atomic mass is 10.3. The molecule has 104 valence electrons. The van der Waals surface area contributed by atoms with Crippen molar-refractivity contribution in [2.24, 2.45) is 0 Å². The van der Waals surface area contributed by atoms with Gasteiger partial charge in [-0.25, -0.2) is 13.4 Å². The number of halogens is 1. The molecular weight excluding hydrogens is 286 g/mol. The quantitative estimate of drug-likeness (QED) is 0.944. The molecule has 0 amide bonds. The van der Waals surface area contributed by atoms with Gasteiger partial charge in [-0.2, -0.15) is 4.31 Å². The van der Waals surface area contributed by atoms with Crippen LogP contribution in [-0.2, 0) is 10.0 Å². The Bertz CT molecular complexity index is 696. The number of hydrogen-bond donors (Lipinski definition) is 1. The second-order valence-corrected chi connectivity index (χ2v) is 7.13. The molecule has 1 N–H and O–H groups in total. The van der Waals surface area contributed by atoms with Gasteiger partial charge < -0.3 is 4.98 Å². The summed E-state index contributed by atoms with van der Waals surface area (Å²) in [7, 11) is -1.68. The van der Waals surface area contributed by atoms with Crippen LogP contribution < -0.4 is 0 Å². The maximum Gasteiger partial charge on any atom is 0.214 e. The van der Waals surface area contributed by atoms with E-state index < -0.39 is 10.0 Å². The van der Waals surface area contributed by atoms with Crippen LogP contribution in [0.3, 0.4) is 0 Å². The number of aromatic amines is 1. The minimum absolute atomic E-state index is 0.0693. The maximum absolute atomic E-state index is 11.8. The van der Waals surface area contributed by atoms with Crippen LogP contribution >= 0.6 is 11.6 Å². The first-order valence-electron chi connectivity index (χ1n) is 5.96. The van der Waals surface area contributed by atoms with Crippen molar-refractivity contribution >= 4 is 32.7 Å². The van der Waals surface area contributed by atoms with Gasteiger partial charge in [0.05, 0.1) is 22.8 Å². The van der Waals surface area contributed by atoms with Gasteiger partial charge in [-0.3, -0.25) is 0 Å². The molecule has 0 bridgehead atoms. The zero-order valence-electron chi connectivity index (χ0n) is 11.0. The molecule has 1 atom stereocenters. The summed E-state index contributed by atoms with van der Waals surface area (Å²) in [6.07, 6.45) is 0. The van der Waals surface area contributed by atoms with Crippen LogP contribution in [0.15, 0.2) is 18.2 Å². The first-order chi connectivity index (χ1) is 8.85. The molecule has 5 nitrogen and oxygen atoms in total. The van der Waals surface area contributed by atoms with Crippen molar-refractivity contribution in [2.45, 2.75) is 19.9 Å². The zero-order valence-corrected chi connectivity index (χ0v) is 12.6. The number of nitrogens with one attached hydrogen (secondary N) is 1. The summed E-state index contributed by atoms with van der Waals surface area (Å²) in [6.45, 7) is 3.42. The van der Waals surface area contributed by atoms with Crippen LogP contribution in [0.25, 0.3) is 11.0 Å². The minimum Gasteiger partial charge on any atom is -0.341 e. The molecule has 2 rings (SSSR count). The van der Waals surface area contributed by atoms with Crippen LogP contribution in [0.1, 0.15) is 25.7 Å². The summed E-state index contributed by atoms with van der Waals surface area (Å²) >= 11 is 5.91. The lowest BCUT2D eigenvalue weighted by Crippen LogP contribution is -2.31. The number of H-pyrrole nitrogens is 1. The Morgan fingerprint density at radius 1 is 1.47 bits per heavy atom. The van der Waals surface area contributed by atoms with Gasteiger partial charge in [-0.15, -0.1) is 0 Å². The van der Waals surface area contributed by atoms with Crippen LogP contribution in [0.2, 0.25) is 5.02 Å². The van der Waals surface area contributed by atoms with Crippen LogP contribution in [0.5, 0.6) is 0 Å². The van der Waals surface area contributed by atoms with Crippen LogP contribution in [-0.4, -0.2) is 35.5 Å². The highest BCUT2D eigenvalue weighted by Gasteiger charge is 2.24. The molecule has 0 aliphatic carbocycles. The number of benzene rings is 1. The molecule has 1 aromatic heterocycles. The number of hydrogen-bond acceptors (Lipinski definition) is 3. The molecule has 0 aliphatic heterocycles. The van der Waals surface area contributed by atoms with E-state index in [-0.39, 0.29) is 11.8 Å². The van der Waals surface area contributed by atoms with Gasteiger partial charge >= 0.3 is 0 Å². The number of nitrogens with zero attached hydrogens (tertiary/aromatic N) is 2. The molecule has 0 spiro atoms. The van der Waals surface area contributed by atoms with Crippen LogP contribution in [0.4, 0.5) is 0 Å². The predicted octanol–water partition coefficient (Wildman–Crippen LogP) is 2.56. The average Bonchev–Trinajstić information content (AvgIpc) is 2.79. The molecule has 0 saturated carbocycles. The fourth-order valence-electron chi connectivity index (χ4n) is 1.82. The zero-order chi connectivity index (χ0) is 14.2. The number of imidazole rings is 1. The fraction of sp³-hybridized carbons (Fsp3) is 0.417. The van der Waals surface area contributed by atoms with Gasteiger partial charge in [0.25, 0.3) is 0 Å². The van der Waals surface area contributed by atoms with Gasteiger partial charge in [0.2, 0.25) is 10.0 Å². The van der Waals surface area contributed by atoms with Crippen molar-refractivity contribution in [2.75, 3.05) is 12.8 Å². The SMILES string of the molecule is CCS(=O)(=O)N(C)C(C)c1nc2ccc(Cl)cc2[nH]1. The highest BCUT2D eigenvalue weighted by Crippen LogP contribution is 2.23. The Morgan fingerprint density at radius 3 is 2.79 bits per heavy atom. The number of fused-ring (bicyclic) bond motifs is 1. The normalized spacial score (nSPS) is 14.2. The number of sulfonamides is 1. The topological polar surface area (TPSA) is 66.1 Å². The van der Waals surface area contributed by atoms with Gasteiger partial charge in [0.15, 0.2) is 0 Å². The first kappa shape index (κ1) is 14.3. The third-order valence-electron chi connectivity index (χ3n) is 3.21. The Balaban J connectivity index is 2.39. The molecule has 1 aromatic carbocycles. The molecule has 0 saturated heterocycles. The lowest BCUT2D eigenvalue weighted by Gasteiger charge is -2.21. The van der Waals surface area contributed by atoms with E-state index in [1.54, 1.807) is 39.1 Å². The summed E-state index contributed by atoms with van der Waals surface area (Å²) < 4.78 is 25.0. The fourth-order valence-corrected chi connectivity index (χ4v) is 2.98. The third kappa shape index (κ3) is 2.75. The molecule has 2 aromatic rings. The van der Waals surface area contributed by atoms with Gasteiger partial charge in [0, 0.05) is 12.1 Å². The highest BCUT2D eigenvalue weighted by molar-refractivity contribution is 7.89. The molecule has 7 heteroatoms. The van der Waals surface area contributed by atoms with Gasteiger partial charge in [0.1, 0.15) is 5.82 Å². The maximum atomic E-state index is 11.8. The molecule has 0 radical (unpaired) electrons. The van der Waals surface area contributed by atoms with Gasteiger partial charge in [-0.1, -0.05) is 11.6 Å². The van der Waals surface area contributed by atoms with Crippen molar-refractivity contribution in [1.82, 2.24) is 14.3 Å². The second kappa shape index (κ2) is 5.11. The molecule has 1 unspecified atom stereocenters. The Morgan fingerprint density at radius 2 is 2.16 bits per heavy atom. The second-order valence-electron chi connectivity index (χ2n) is 4.38. The monoisotopic (exact) mass is 301 g/mol. The highest BCUT2D eigenvalue weighted by atomic mass is 35.5. The Labute approximate surface area is 117 Å². The molecule has 1 heterocycles. The summed E-state index contributed by atoms with van der Waals surface area (Å²) in [5.74, 6) is 0.677. The summed E-state index contributed by atoms with van der Waals surface area (Å²) in [5.41, 5.74) is 1.57. The van der Waals surface area contributed by atoms with E-state index in [0.717, 1.165) is 11.0 Å². The molecule has 0 aliphatic rings. The average molecular weight is 302 g/mol. The van der Waals surface area contributed by atoms with Crippen molar-refractivity contribution in [3.8, 4) is 0 Å². The van der Waals surface area contributed by atoms with Crippen molar-refractivity contribution in [3.63, 3.8) is 0 Å². The van der Waals surface area contributed by atoms with Crippen molar-refractivity contribution < 1.29 is 8.42 Å². The van der Waals surface area contributed by atoms with E-state index in [2.05, 4.69) is 9.97 Å². The molecule has 0 fully saturated rings. The lowest BCUT2D eigenvalue weighted by molar-refractivity contribution is 0.387. The summed E-state index contributed by atoms with van der Waals surface area (Å²) in [4.78, 5) is 7.51. The van der Waals surface area contributed by atoms with Crippen LogP contribution in [0, 0.1) is 0 Å². The third-order valence-corrected chi connectivity index (χ3v) is 5.37. The Hall–Kier alpha value is -1.11. The van der Waals surface area contributed by atoms with E-state index in [1.807, 2.05) is 0 Å². The van der Waals surface area contributed by atoms with Crippen molar-refractivity contribution in [3.05, 3.63) is 29.0 Å². The van der Waals surface area contributed by atoms with E-state index in [1.165, 1.54) is 4.31 Å². The van der Waals surface area contributed by atoms with Crippen molar-refractivity contribution in [1.29, 1.82) is 0 Å². The molecular formula is C12H16ClN3O2S. The minimum atomic E-state index is -3.24. The number of rotatable bonds is 4. The van der Waals surface area contributed by atoms with Gasteiger partial charge in [-0.05, 0) is 32.0 Å². The summed E-state index contributed by atoms with van der Waals surface area (Å²) in [5, 5.41) is 0.616.